The number of ketones is 1. The number of hydrogen-bond acceptors (Lipinski definition) is 4. The largest absolute Gasteiger partial charge is 0.463 e. The fraction of sp³-hybridized carbons (Fsp3) is 0.826. The number of esters is 1. The zero-order valence-electron chi connectivity index (χ0n) is 17.0. The molecule has 8 atom stereocenters. The predicted molar refractivity (Wildman–Crippen MR) is 101 cm³/mol. The Labute approximate surface area is 162 Å². The third kappa shape index (κ3) is 2.14. The topological polar surface area (TPSA) is 55.9 Å². The molecule has 1 aliphatic heterocycles. The van der Waals surface area contributed by atoms with Gasteiger partial charge in [0.1, 0.15) is 17.8 Å². The Morgan fingerprint density at radius 1 is 1.07 bits per heavy atom. The lowest BCUT2D eigenvalue weighted by Gasteiger charge is -2.60. The van der Waals surface area contributed by atoms with E-state index >= 15 is 0 Å². The molecule has 1 heterocycles. The molecule has 0 bridgehead atoms. The third-order valence-electron chi connectivity index (χ3n) is 9.32. The molecule has 0 aromatic carbocycles. The minimum absolute atomic E-state index is 0.0944. The molecule has 1 saturated heterocycles. The number of carbonyl (C=O) groups is 2. The SMILES string of the molecule is CC(=O)O[C@H]1CC[C@@]2(C)[C@H](CC[C@@H]3[C@@H]2CC[C@]2(C)C(C(C)=O)=C[C@H]4O[C@]342)C1. The molecule has 4 nitrogen and oxygen atoms in total. The number of rotatable bonds is 2. The summed E-state index contributed by atoms with van der Waals surface area (Å²) in [5, 5.41) is 0. The molecule has 0 aromatic heterocycles. The maximum Gasteiger partial charge on any atom is 0.302 e. The predicted octanol–water partition coefficient (Wildman–Crippen LogP) is 4.22. The Morgan fingerprint density at radius 2 is 1.85 bits per heavy atom. The normalized spacial score (nSPS) is 52.6. The highest BCUT2D eigenvalue weighted by atomic mass is 16.6. The van der Waals surface area contributed by atoms with Crippen LogP contribution in [0.1, 0.15) is 72.6 Å². The van der Waals surface area contributed by atoms with E-state index in [0.717, 1.165) is 31.3 Å². The summed E-state index contributed by atoms with van der Waals surface area (Å²) in [6.45, 7) is 8.02. The maximum absolute atomic E-state index is 12.3. The molecule has 4 aliphatic carbocycles. The van der Waals surface area contributed by atoms with E-state index in [2.05, 4.69) is 19.9 Å². The zero-order valence-corrected chi connectivity index (χ0v) is 17.0. The van der Waals surface area contributed by atoms with E-state index in [1.54, 1.807) is 6.92 Å². The van der Waals surface area contributed by atoms with Gasteiger partial charge in [-0.2, -0.15) is 0 Å². The minimum Gasteiger partial charge on any atom is -0.463 e. The van der Waals surface area contributed by atoms with Gasteiger partial charge >= 0.3 is 5.97 Å². The number of Topliss-reactive ketones (excluding diaryl/α,β-unsaturated/α-hetero) is 1. The van der Waals surface area contributed by atoms with Gasteiger partial charge < -0.3 is 9.47 Å². The van der Waals surface area contributed by atoms with Crippen molar-refractivity contribution in [3.05, 3.63) is 11.6 Å². The van der Waals surface area contributed by atoms with Gasteiger partial charge in [0.2, 0.25) is 0 Å². The molecule has 4 heteroatoms. The van der Waals surface area contributed by atoms with Crippen molar-refractivity contribution in [2.75, 3.05) is 0 Å². The molecule has 0 aromatic rings. The van der Waals surface area contributed by atoms with Gasteiger partial charge in [-0.25, -0.2) is 0 Å². The van der Waals surface area contributed by atoms with Crippen molar-refractivity contribution in [2.45, 2.75) is 90.4 Å². The van der Waals surface area contributed by atoms with E-state index in [1.807, 2.05) is 0 Å². The van der Waals surface area contributed by atoms with Crippen LogP contribution in [0.3, 0.4) is 0 Å². The van der Waals surface area contributed by atoms with Crippen molar-refractivity contribution in [3.8, 4) is 0 Å². The van der Waals surface area contributed by atoms with Crippen LogP contribution in [0.4, 0.5) is 0 Å². The van der Waals surface area contributed by atoms with Crippen LogP contribution >= 0.6 is 0 Å². The van der Waals surface area contributed by atoms with Crippen LogP contribution in [-0.2, 0) is 19.1 Å². The second kappa shape index (κ2) is 5.46. The van der Waals surface area contributed by atoms with Gasteiger partial charge in [0, 0.05) is 17.9 Å². The standard InChI is InChI=1S/C23H32O4/c1-13(24)19-12-20-23(27-20)18-6-5-15-11-16(26-14(2)25)7-9-21(15,3)17(18)8-10-22(19,23)4/h12,15-18,20H,5-11H2,1-4H3/t15-,16+,17+,18-,20-,21+,22-,23-/m1/s1. The molecule has 0 N–H and O–H groups in total. The first-order chi connectivity index (χ1) is 12.7. The van der Waals surface area contributed by atoms with Crippen molar-refractivity contribution in [1.29, 1.82) is 0 Å². The summed E-state index contributed by atoms with van der Waals surface area (Å²) >= 11 is 0. The lowest BCUT2D eigenvalue weighted by atomic mass is 9.44. The van der Waals surface area contributed by atoms with Gasteiger partial charge in [-0.15, -0.1) is 0 Å². The minimum atomic E-state index is -0.146. The van der Waals surface area contributed by atoms with E-state index in [1.165, 1.54) is 26.2 Å². The molecule has 3 saturated carbocycles. The van der Waals surface area contributed by atoms with Crippen molar-refractivity contribution in [1.82, 2.24) is 0 Å². The number of hydrogen-bond donors (Lipinski definition) is 0. The Morgan fingerprint density at radius 3 is 2.56 bits per heavy atom. The molecule has 5 aliphatic rings. The first-order valence-electron chi connectivity index (χ1n) is 10.8. The smallest absolute Gasteiger partial charge is 0.302 e. The quantitative estimate of drug-likeness (QED) is 0.538. The van der Waals surface area contributed by atoms with Crippen LogP contribution in [-0.4, -0.2) is 29.6 Å². The first kappa shape index (κ1) is 17.9. The van der Waals surface area contributed by atoms with E-state index in [9.17, 15) is 9.59 Å². The van der Waals surface area contributed by atoms with E-state index in [4.69, 9.17) is 9.47 Å². The van der Waals surface area contributed by atoms with Crippen LogP contribution in [0, 0.1) is 28.6 Å². The van der Waals surface area contributed by atoms with Gasteiger partial charge in [0.15, 0.2) is 5.78 Å². The molecular weight excluding hydrogens is 340 g/mol. The summed E-state index contributed by atoms with van der Waals surface area (Å²) in [5.41, 5.74) is 1.13. The number of carbonyl (C=O) groups excluding carboxylic acids is 2. The molecular formula is C23H32O4. The zero-order chi connectivity index (χ0) is 19.2. The van der Waals surface area contributed by atoms with Crippen LogP contribution in [0.2, 0.25) is 0 Å². The second-order valence-electron chi connectivity index (χ2n) is 10.3. The van der Waals surface area contributed by atoms with Crippen LogP contribution < -0.4 is 0 Å². The molecule has 148 valence electrons. The number of epoxide rings is 1. The average Bonchev–Trinajstić information content (AvgIpc) is 3.25. The van der Waals surface area contributed by atoms with Gasteiger partial charge in [-0.1, -0.05) is 13.8 Å². The Bertz CT molecular complexity index is 741. The van der Waals surface area contributed by atoms with E-state index < -0.39 is 0 Å². The van der Waals surface area contributed by atoms with Crippen molar-refractivity contribution in [3.63, 3.8) is 0 Å². The third-order valence-corrected chi connectivity index (χ3v) is 9.32. The Balaban J connectivity index is 1.42. The summed E-state index contributed by atoms with van der Waals surface area (Å²) < 4.78 is 12.0. The van der Waals surface area contributed by atoms with Crippen LogP contribution in [0.5, 0.6) is 0 Å². The molecule has 0 unspecified atom stereocenters. The highest BCUT2D eigenvalue weighted by Crippen LogP contribution is 2.74. The molecule has 0 radical (unpaired) electrons. The summed E-state index contributed by atoms with van der Waals surface area (Å²) in [7, 11) is 0. The van der Waals surface area contributed by atoms with Gasteiger partial charge in [0.05, 0.1) is 0 Å². The van der Waals surface area contributed by atoms with Gasteiger partial charge in [-0.05, 0) is 81.1 Å². The summed E-state index contributed by atoms with van der Waals surface area (Å²) in [5.74, 6) is 1.94. The van der Waals surface area contributed by atoms with Crippen LogP contribution in [0.25, 0.3) is 0 Å². The van der Waals surface area contributed by atoms with Crippen LogP contribution in [0.15, 0.2) is 11.6 Å². The van der Waals surface area contributed by atoms with Gasteiger partial charge in [-0.3, -0.25) is 9.59 Å². The highest BCUT2D eigenvalue weighted by molar-refractivity contribution is 5.96. The summed E-state index contributed by atoms with van der Waals surface area (Å²) in [6, 6.07) is 0. The fourth-order valence-corrected chi connectivity index (χ4v) is 8.06. The molecule has 1 spiro atoms. The number of ether oxygens (including phenoxy) is 2. The molecule has 27 heavy (non-hydrogen) atoms. The van der Waals surface area contributed by atoms with Gasteiger partial charge in [0.25, 0.3) is 0 Å². The van der Waals surface area contributed by atoms with Crippen molar-refractivity contribution in [2.24, 2.45) is 28.6 Å². The highest BCUT2D eigenvalue weighted by Gasteiger charge is 2.78. The Kier molecular flexibility index (Phi) is 3.62. The van der Waals surface area contributed by atoms with E-state index in [-0.39, 0.29) is 35.0 Å². The van der Waals surface area contributed by atoms with Crippen molar-refractivity contribution >= 4 is 11.8 Å². The molecule has 5 rings (SSSR count). The second-order valence-corrected chi connectivity index (χ2v) is 10.3. The molecule has 4 fully saturated rings. The first-order valence-corrected chi connectivity index (χ1v) is 10.8. The fourth-order valence-electron chi connectivity index (χ4n) is 8.06. The lowest BCUT2D eigenvalue weighted by molar-refractivity contribution is -0.160. The average molecular weight is 373 g/mol. The summed E-state index contributed by atoms with van der Waals surface area (Å²) in [4.78, 5) is 23.7. The van der Waals surface area contributed by atoms with E-state index in [0.29, 0.717) is 23.2 Å². The Hall–Kier alpha value is -1.16. The van der Waals surface area contributed by atoms with Crippen molar-refractivity contribution < 1.29 is 19.1 Å². The lowest BCUT2D eigenvalue weighted by Crippen LogP contribution is -2.58. The maximum atomic E-state index is 12.3. The molecule has 0 amide bonds. The monoisotopic (exact) mass is 372 g/mol. The number of fused-ring (bicyclic) bond motifs is 3. The summed E-state index contributed by atoms with van der Waals surface area (Å²) in [6.07, 6.45) is 10.2.